The number of carbonyl (C=O) groups is 2. The van der Waals surface area contributed by atoms with Crippen molar-refractivity contribution in [3.8, 4) is 0 Å². The van der Waals surface area contributed by atoms with E-state index in [4.69, 9.17) is 0 Å². The molecule has 0 spiro atoms. The predicted octanol–water partition coefficient (Wildman–Crippen LogP) is 3.20. The highest BCUT2D eigenvalue weighted by Crippen LogP contribution is 2.19. The molecule has 3 N–H and O–H groups in total. The zero-order valence-electron chi connectivity index (χ0n) is 12.7. The third kappa shape index (κ3) is 5.75. The Morgan fingerprint density at radius 3 is 2.48 bits per heavy atom. The first-order chi connectivity index (χ1) is 11.0. The van der Waals surface area contributed by atoms with Crippen molar-refractivity contribution in [3.63, 3.8) is 0 Å². The summed E-state index contributed by atoms with van der Waals surface area (Å²) in [5.41, 5.74) is 2.67. The van der Waals surface area contributed by atoms with Crippen molar-refractivity contribution in [2.75, 3.05) is 11.9 Å². The summed E-state index contributed by atoms with van der Waals surface area (Å²) in [5, 5.41) is 8.00. The van der Waals surface area contributed by atoms with E-state index in [1.807, 2.05) is 55.5 Å². The topological polar surface area (TPSA) is 70.2 Å². The molecule has 0 unspecified atom stereocenters. The summed E-state index contributed by atoms with van der Waals surface area (Å²) in [4.78, 5) is 23.5. The third-order valence-corrected chi connectivity index (χ3v) is 3.66. The zero-order chi connectivity index (χ0) is 16.7. The first kappa shape index (κ1) is 17.0. The van der Waals surface area contributed by atoms with E-state index in [0.29, 0.717) is 6.54 Å². The fourth-order valence-electron chi connectivity index (χ4n) is 1.96. The largest absolute Gasteiger partial charge is 0.334 e. The number of amides is 3. The molecule has 2 rings (SSSR count). The summed E-state index contributed by atoms with van der Waals surface area (Å²) < 4.78 is 0.950. The molecule has 5 nitrogen and oxygen atoms in total. The molecule has 0 fully saturated rings. The predicted molar refractivity (Wildman–Crippen MR) is 94.2 cm³/mol. The van der Waals surface area contributed by atoms with Gasteiger partial charge in [-0.3, -0.25) is 4.79 Å². The van der Waals surface area contributed by atoms with Crippen LogP contribution in [0.3, 0.4) is 0 Å². The minimum atomic E-state index is -0.378. The number of urea groups is 1. The Morgan fingerprint density at radius 1 is 1.04 bits per heavy atom. The van der Waals surface area contributed by atoms with Gasteiger partial charge in [0.15, 0.2) is 0 Å². The van der Waals surface area contributed by atoms with E-state index in [2.05, 4.69) is 31.9 Å². The summed E-state index contributed by atoms with van der Waals surface area (Å²) in [5.74, 6) is -0.273. The van der Waals surface area contributed by atoms with Gasteiger partial charge in [-0.1, -0.05) is 46.3 Å². The fourth-order valence-corrected chi connectivity index (χ4v) is 2.44. The van der Waals surface area contributed by atoms with Crippen molar-refractivity contribution in [1.82, 2.24) is 10.6 Å². The van der Waals surface area contributed by atoms with Crippen LogP contribution in [0.5, 0.6) is 0 Å². The number of halogens is 1. The maximum Gasteiger partial charge on any atom is 0.315 e. The quantitative estimate of drug-likeness (QED) is 0.750. The van der Waals surface area contributed by atoms with Crippen LogP contribution in [0, 0.1) is 6.92 Å². The van der Waals surface area contributed by atoms with Crippen LogP contribution in [0.25, 0.3) is 0 Å². The first-order valence-corrected chi connectivity index (χ1v) is 7.95. The maximum atomic E-state index is 11.9. The second-order valence-corrected chi connectivity index (χ2v) is 5.94. The fraction of sp³-hybridized carbons (Fsp3) is 0.176. The molecule has 0 saturated heterocycles. The van der Waals surface area contributed by atoms with Crippen LogP contribution in [0.4, 0.5) is 10.5 Å². The Balaban J connectivity index is 1.74. The number of nitrogens with one attached hydrogen (secondary N) is 3. The minimum absolute atomic E-state index is 0.0872. The van der Waals surface area contributed by atoms with Crippen LogP contribution in [-0.4, -0.2) is 18.5 Å². The standard InChI is InChI=1S/C17H18BrN3O2/c1-12-9-14(18)7-8-15(12)21-16(22)11-20-17(23)19-10-13-5-3-2-4-6-13/h2-9H,10-11H2,1H3,(H,21,22)(H2,19,20,23). The summed E-state index contributed by atoms with van der Waals surface area (Å²) in [6.45, 7) is 2.23. The van der Waals surface area contributed by atoms with E-state index < -0.39 is 0 Å². The average Bonchev–Trinajstić information content (AvgIpc) is 2.54. The van der Waals surface area contributed by atoms with Crippen LogP contribution < -0.4 is 16.0 Å². The number of hydrogen-bond donors (Lipinski definition) is 3. The Bertz CT molecular complexity index is 689. The maximum absolute atomic E-state index is 11.9. The molecule has 0 aliphatic rings. The number of rotatable bonds is 5. The molecule has 0 aromatic heterocycles. The second kappa shape index (κ2) is 8.33. The Labute approximate surface area is 143 Å². The summed E-state index contributed by atoms with van der Waals surface area (Å²) >= 11 is 3.37. The lowest BCUT2D eigenvalue weighted by Crippen LogP contribution is -2.39. The van der Waals surface area contributed by atoms with Gasteiger partial charge in [0.25, 0.3) is 0 Å². The van der Waals surface area contributed by atoms with E-state index in [0.717, 1.165) is 21.3 Å². The van der Waals surface area contributed by atoms with Gasteiger partial charge in [-0.2, -0.15) is 0 Å². The van der Waals surface area contributed by atoms with Gasteiger partial charge in [0.05, 0.1) is 6.54 Å². The lowest BCUT2D eigenvalue weighted by molar-refractivity contribution is -0.115. The molecule has 0 atom stereocenters. The van der Waals surface area contributed by atoms with Crippen LogP contribution >= 0.6 is 15.9 Å². The lowest BCUT2D eigenvalue weighted by Gasteiger charge is -2.10. The monoisotopic (exact) mass is 375 g/mol. The van der Waals surface area contributed by atoms with Gasteiger partial charge in [-0.05, 0) is 36.2 Å². The normalized spacial score (nSPS) is 10.0. The average molecular weight is 376 g/mol. The highest BCUT2D eigenvalue weighted by molar-refractivity contribution is 9.10. The zero-order valence-corrected chi connectivity index (χ0v) is 14.3. The number of benzene rings is 2. The van der Waals surface area contributed by atoms with E-state index in [1.54, 1.807) is 0 Å². The van der Waals surface area contributed by atoms with Gasteiger partial charge in [0, 0.05) is 16.7 Å². The smallest absolute Gasteiger partial charge is 0.315 e. The molecule has 0 aliphatic carbocycles. The molecule has 2 aromatic carbocycles. The molecule has 0 bridgehead atoms. The molecule has 0 heterocycles. The van der Waals surface area contributed by atoms with Crippen molar-refractivity contribution in [2.45, 2.75) is 13.5 Å². The van der Waals surface area contributed by atoms with Crippen LogP contribution in [-0.2, 0) is 11.3 Å². The van der Waals surface area contributed by atoms with Gasteiger partial charge in [0.2, 0.25) is 5.91 Å². The summed E-state index contributed by atoms with van der Waals surface area (Å²) in [6, 6.07) is 14.8. The van der Waals surface area contributed by atoms with Gasteiger partial charge in [0.1, 0.15) is 0 Å². The molecular weight excluding hydrogens is 358 g/mol. The lowest BCUT2D eigenvalue weighted by atomic mass is 10.2. The van der Waals surface area contributed by atoms with E-state index in [-0.39, 0.29) is 18.5 Å². The summed E-state index contributed by atoms with van der Waals surface area (Å²) in [6.07, 6.45) is 0. The van der Waals surface area contributed by atoms with Crippen molar-refractivity contribution in [3.05, 3.63) is 64.1 Å². The Kier molecular flexibility index (Phi) is 6.17. The molecule has 6 heteroatoms. The number of hydrogen-bond acceptors (Lipinski definition) is 2. The molecule has 120 valence electrons. The SMILES string of the molecule is Cc1cc(Br)ccc1NC(=O)CNC(=O)NCc1ccccc1. The van der Waals surface area contributed by atoms with Gasteiger partial charge in [-0.15, -0.1) is 0 Å². The molecule has 0 saturated carbocycles. The molecule has 2 aromatic rings. The molecule has 0 radical (unpaired) electrons. The van der Waals surface area contributed by atoms with Crippen molar-refractivity contribution in [1.29, 1.82) is 0 Å². The van der Waals surface area contributed by atoms with Gasteiger partial charge in [-0.25, -0.2) is 4.79 Å². The molecule has 23 heavy (non-hydrogen) atoms. The van der Waals surface area contributed by atoms with Crippen LogP contribution in [0.2, 0.25) is 0 Å². The molecular formula is C17H18BrN3O2. The van der Waals surface area contributed by atoms with Gasteiger partial charge < -0.3 is 16.0 Å². The van der Waals surface area contributed by atoms with Crippen molar-refractivity contribution in [2.24, 2.45) is 0 Å². The highest BCUT2D eigenvalue weighted by atomic mass is 79.9. The number of carbonyl (C=O) groups excluding carboxylic acids is 2. The van der Waals surface area contributed by atoms with Gasteiger partial charge >= 0.3 is 6.03 Å². The van der Waals surface area contributed by atoms with E-state index in [1.165, 1.54) is 0 Å². The number of aryl methyl sites for hydroxylation is 1. The van der Waals surface area contributed by atoms with Crippen molar-refractivity contribution >= 4 is 33.6 Å². The Morgan fingerprint density at radius 2 is 1.78 bits per heavy atom. The third-order valence-electron chi connectivity index (χ3n) is 3.17. The molecule has 0 aliphatic heterocycles. The molecule has 3 amide bonds. The van der Waals surface area contributed by atoms with E-state index >= 15 is 0 Å². The van der Waals surface area contributed by atoms with Crippen LogP contribution in [0.1, 0.15) is 11.1 Å². The first-order valence-electron chi connectivity index (χ1n) is 7.16. The summed E-state index contributed by atoms with van der Waals surface area (Å²) in [7, 11) is 0. The van der Waals surface area contributed by atoms with Crippen LogP contribution in [0.15, 0.2) is 53.0 Å². The number of anilines is 1. The van der Waals surface area contributed by atoms with Crippen molar-refractivity contribution < 1.29 is 9.59 Å². The highest BCUT2D eigenvalue weighted by Gasteiger charge is 2.07. The Hall–Kier alpha value is -2.34. The van der Waals surface area contributed by atoms with E-state index in [9.17, 15) is 9.59 Å². The second-order valence-electron chi connectivity index (χ2n) is 5.03. The minimum Gasteiger partial charge on any atom is -0.334 e.